The summed E-state index contributed by atoms with van der Waals surface area (Å²) >= 11 is 0. The molecular weight excluding hydrogens is 317 g/mol. The van der Waals surface area contributed by atoms with Crippen molar-refractivity contribution in [1.82, 2.24) is 9.97 Å². The molecule has 2 heterocycles. The molecule has 1 aliphatic heterocycles. The Morgan fingerprint density at radius 3 is 2.75 bits per heavy atom. The number of halogens is 1. The number of nitrogens with one attached hydrogen (secondary N) is 1. The highest BCUT2D eigenvalue weighted by Gasteiger charge is 2.25. The Morgan fingerprint density at radius 2 is 2.08 bits per heavy atom. The number of ether oxygens (including phenoxy) is 1. The molecule has 1 aromatic carbocycles. The highest BCUT2D eigenvalue weighted by Crippen LogP contribution is 2.30. The SMILES string of the molecule is Cc1nc(N2CCOCC2)nc(Nc2cccc(F)c2)c1[N+](=O)[O-]. The molecule has 0 spiro atoms. The van der Waals surface area contributed by atoms with Gasteiger partial charge < -0.3 is 15.0 Å². The van der Waals surface area contributed by atoms with Crippen LogP contribution in [0.5, 0.6) is 0 Å². The molecule has 1 N–H and O–H groups in total. The van der Waals surface area contributed by atoms with Gasteiger partial charge in [-0.25, -0.2) is 9.37 Å². The summed E-state index contributed by atoms with van der Waals surface area (Å²) in [6.45, 7) is 3.87. The van der Waals surface area contributed by atoms with Crippen LogP contribution in [0.2, 0.25) is 0 Å². The van der Waals surface area contributed by atoms with E-state index in [-0.39, 0.29) is 17.2 Å². The van der Waals surface area contributed by atoms with Gasteiger partial charge in [0, 0.05) is 18.8 Å². The van der Waals surface area contributed by atoms with Crippen molar-refractivity contribution in [1.29, 1.82) is 0 Å². The van der Waals surface area contributed by atoms with E-state index in [1.165, 1.54) is 18.2 Å². The third kappa shape index (κ3) is 3.40. The Kier molecular flexibility index (Phi) is 4.52. The number of rotatable bonds is 4. The molecule has 0 bridgehead atoms. The van der Waals surface area contributed by atoms with Crippen LogP contribution in [-0.2, 0) is 4.74 Å². The Morgan fingerprint density at radius 1 is 1.33 bits per heavy atom. The topological polar surface area (TPSA) is 93.4 Å². The second-order valence-corrected chi connectivity index (χ2v) is 5.30. The van der Waals surface area contributed by atoms with Gasteiger partial charge in [0.1, 0.15) is 11.5 Å². The summed E-state index contributed by atoms with van der Waals surface area (Å²) in [5.74, 6) is -0.0123. The summed E-state index contributed by atoms with van der Waals surface area (Å²) in [6.07, 6.45) is 0. The van der Waals surface area contributed by atoms with Crippen molar-refractivity contribution in [3.05, 3.63) is 45.9 Å². The lowest BCUT2D eigenvalue weighted by Crippen LogP contribution is -2.37. The number of benzene rings is 1. The maximum atomic E-state index is 13.3. The Balaban J connectivity index is 2.00. The molecule has 2 aromatic rings. The van der Waals surface area contributed by atoms with E-state index >= 15 is 0 Å². The van der Waals surface area contributed by atoms with E-state index in [9.17, 15) is 14.5 Å². The van der Waals surface area contributed by atoms with E-state index in [1.54, 1.807) is 13.0 Å². The molecule has 0 unspecified atom stereocenters. The highest BCUT2D eigenvalue weighted by atomic mass is 19.1. The predicted molar refractivity (Wildman–Crippen MR) is 86.1 cm³/mol. The molecule has 8 nitrogen and oxygen atoms in total. The van der Waals surface area contributed by atoms with Crippen LogP contribution in [0.15, 0.2) is 24.3 Å². The summed E-state index contributed by atoms with van der Waals surface area (Å²) in [4.78, 5) is 21.3. The molecule has 0 atom stereocenters. The standard InChI is InChI=1S/C15H16FN5O3/c1-10-13(21(22)23)14(18-12-4-2-3-11(16)9-12)19-15(17-10)20-5-7-24-8-6-20/h2-4,9H,5-8H2,1H3,(H,17,18,19). The highest BCUT2D eigenvalue weighted by molar-refractivity contribution is 5.68. The van der Waals surface area contributed by atoms with E-state index in [0.717, 1.165) is 0 Å². The number of morpholine rings is 1. The van der Waals surface area contributed by atoms with E-state index in [2.05, 4.69) is 15.3 Å². The first-order valence-corrected chi connectivity index (χ1v) is 7.43. The number of nitrogens with zero attached hydrogens (tertiary/aromatic N) is 4. The molecule has 3 rings (SSSR count). The van der Waals surface area contributed by atoms with Crippen molar-refractivity contribution >= 4 is 23.1 Å². The fourth-order valence-electron chi connectivity index (χ4n) is 2.47. The quantitative estimate of drug-likeness (QED) is 0.678. The number of aryl methyl sites for hydroxylation is 1. The zero-order valence-corrected chi connectivity index (χ0v) is 13.0. The first-order valence-electron chi connectivity index (χ1n) is 7.43. The lowest BCUT2D eigenvalue weighted by atomic mass is 10.3. The van der Waals surface area contributed by atoms with Crippen LogP contribution in [0.1, 0.15) is 5.69 Å². The monoisotopic (exact) mass is 333 g/mol. The van der Waals surface area contributed by atoms with Gasteiger partial charge in [0.05, 0.1) is 18.1 Å². The molecule has 0 aliphatic carbocycles. The molecule has 0 saturated carbocycles. The molecule has 1 aromatic heterocycles. The minimum absolute atomic E-state index is 0.0413. The maximum Gasteiger partial charge on any atom is 0.332 e. The maximum absolute atomic E-state index is 13.3. The minimum atomic E-state index is -0.542. The van der Waals surface area contributed by atoms with Gasteiger partial charge in [-0.3, -0.25) is 10.1 Å². The third-order valence-electron chi connectivity index (χ3n) is 3.61. The van der Waals surface area contributed by atoms with E-state index in [0.29, 0.717) is 37.9 Å². The first kappa shape index (κ1) is 16.1. The van der Waals surface area contributed by atoms with Gasteiger partial charge in [0.15, 0.2) is 0 Å². The molecule has 0 amide bonds. The number of hydrogen-bond acceptors (Lipinski definition) is 7. The minimum Gasteiger partial charge on any atom is -0.378 e. The van der Waals surface area contributed by atoms with Gasteiger partial charge in [-0.1, -0.05) is 6.07 Å². The van der Waals surface area contributed by atoms with Crippen molar-refractivity contribution in [3.63, 3.8) is 0 Å². The largest absolute Gasteiger partial charge is 0.378 e. The van der Waals surface area contributed by atoms with Gasteiger partial charge in [-0.05, 0) is 25.1 Å². The van der Waals surface area contributed by atoms with E-state index in [4.69, 9.17) is 4.74 Å². The van der Waals surface area contributed by atoms with Crippen molar-refractivity contribution in [2.24, 2.45) is 0 Å². The van der Waals surface area contributed by atoms with Gasteiger partial charge in [-0.2, -0.15) is 4.98 Å². The van der Waals surface area contributed by atoms with Crippen LogP contribution >= 0.6 is 0 Å². The molecule has 1 fully saturated rings. The fraction of sp³-hybridized carbons (Fsp3) is 0.333. The van der Waals surface area contributed by atoms with Crippen molar-refractivity contribution < 1.29 is 14.1 Å². The second-order valence-electron chi connectivity index (χ2n) is 5.30. The molecular formula is C15H16FN5O3. The van der Waals surface area contributed by atoms with Crippen LogP contribution in [0.25, 0.3) is 0 Å². The third-order valence-corrected chi connectivity index (χ3v) is 3.61. The van der Waals surface area contributed by atoms with Gasteiger partial charge >= 0.3 is 5.69 Å². The van der Waals surface area contributed by atoms with Crippen LogP contribution in [0, 0.1) is 22.9 Å². The van der Waals surface area contributed by atoms with Crippen LogP contribution < -0.4 is 10.2 Å². The molecule has 9 heteroatoms. The second kappa shape index (κ2) is 6.75. The Labute approximate surface area is 137 Å². The van der Waals surface area contributed by atoms with Gasteiger partial charge in [0.2, 0.25) is 11.8 Å². The van der Waals surface area contributed by atoms with Gasteiger partial charge in [0.25, 0.3) is 0 Å². The number of anilines is 3. The summed E-state index contributed by atoms with van der Waals surface area (Å²) in [5.41, 5.74) is 0.399. The van der Waals surface area contributed by atoms with E-state index < -0.39 is 10.7 Å². The lowest BCUT2D eigenvalue weighted by Gasteiger charge is -2.27. The average Bonchev–Trinajstić information content (AvgIpc) is 2.55. The smallest absolute Gasteiger partial charge is 0.332 e. The van der Waals surface area contributed by atoms with E-state index in [1.807, 2.05) is 4.90 Å². The van der Waals surface area contributed by atoms with Crippen LogP contribution in [0.4, 0.5) is 27.5 Å². The molecule has 1 aliphatic rings. The van der Waals surface area contributed by atoms with Crippen molar-refractivity contribution in [3.8, 4) is 0 Å². The molecule has 24 heavy (non-hydrogen) atoms. The lowest BCUT2D eigenvalue weighted by molar-refractivity contribution is -0.385. The zero-order chi connectivity index (χ0) is 17.1. The number of aromatic nitrogens is 2. The Bertz CT molecular complexity index is 765. The molecule has 126 valence electrons. The summed E-state index contributed by atoms with van der Waals surface area (Å²) in [6, 6.07) is 5.67. The van der Waals surface area contributed by atoms with Crippen LogP contribution in [0.3, 0.4) is 0 Å². The van der Waals surface area contributed by atoms with Gasteiger partial charge in [-0.15, -0.1) is 0 Å². The number of hydrogen-bond donors (Lipinski definition) is 1. The fourth-order valence-corrected chi connectivity index (χ4v) is 2.47. The number of nitro groups is 1. The zero-order valence-electron chi connectivity index (χ0n) is 13.0. The average molecular weight is 333 g/mol. The molecule has 1 saturated heterocycles. The predicted octanol–water partition coefficient (Wildman–Crippen LogP) is 2.41. The van der Waals surface area contributed by atoms with Crippen LogP contribution in [-0.4, -0.2) is 41.2 Å². The summed E-state index contributed by atoms with van der Waals surface area (Å²) in [7, 11) is 0. The summed E-state index contributed by atoms with van der Waals surface area (Å²) in [5, 5.41) is 14.2. The first-order chi connectivity index (χ1) is 11.5. The Hall–Kier alpha value is -2.81. The van der Waals surface area contributed by atoms with Crippen molar-refractivity contribution in [2.75, 3.05) is 36.5 Å². The summed E-state index contributed by atoms with van der Waals surface area (Å²) < 4.78 is 18.6. The molecule has 0 radical (unpaired) electrons. The van der Waals surface area contributed by atoms with Crippen molar-refractivity contribution in [2.45, 2.75) is 6.92 Å². The normalized spacial score (nSPS) is 14.5.